The molecule has 0 spiro atoms. The molecule has 0 radical (unpaired) electrons. The van der Waals surface area contributed by atoms with Gasteiger partial charge in [-0.2, -0.15) is 0 Å². The third-order valence-corrected chi connectivity index (χ3v) is 0. The second-order valence-corrected chi connectivity index (χ2v) is 1.68. The van der Waals surface area contributed by atoms with Crippen molar-refractivity contribution in [2.24, 2.45) is 0 Å². The molecule has 0 rings (SSSR count). The van der Waals surface area contributed by atoms with Gasteiger partial charge >= 0.3 is 31.5 Å². The van der Waals surface area contributed by atoms with E-state index >= 15 is 0 Å². The molecule has 0 heterocycles. The fraction of sp³-hybridized carbons (Fsp3) is 0. The Hall–Kier alpha value is 0.633. The topological polar surface area (TPSA) is 35.0 Å². The van der Waals surface area contributed by atoms with Gasteiger partial charge in [0.15, 0.2) is 0 Å². The molecule has 0 aromatic rings. The van der Waals surface area contributed by atoms with Crippen LogP contribution in [0.25, 0.3) is 0 Å². The molecule has 1 nitrogen and oxygen atoms in total. The van der Waals surface area contributed by atoms with Gasteiger partial charge < -0.3 is 6.15 Å². The summed E-state index contributed by atoms with van der Waals surface area (Å²) in [6.45, 7) is 0. The van der Waals surface area contributed by atoms with Crippen molar-refractivity contribution in [3.8, 4) is 0 Å². The van der Waals surface area contributed by atoms with Crippen molar-refractivity contribution in [3.63, 3.8) is 0 Å². The second kappa shape index (κ2) is 4.63. The van der Waals surface area contributed by atoms with Crippen LogP contribution in [0.4, 0.5) is 7.88 Å². The predicted molar refractivity (Wildman–Crippen MR) is 14.1 cm³/mol. The summed E-state index contributed by atoms with van der Waals surface area (Å²) in [5.41, 5.74) is 0. The zero-order valence-electron chi connectivity index (χ0n) is 2.29. The van der Waals surface area contributed by atoms with E-state index in [0.29, 0.717) is 0 Å². The molecule has 0 aliphatic heterocycles. The van der Waals surface area contributed by atoms with E-state index in [1.165, 1.54) is 0 Å². The van der Waals surface area contributed by atoms with Crippen LogP contribution < -0.4 is 6.15 Å². The summed E-state index contributed by atoms with van der Waals surface area (Å²) < 4.78 is 29.6. The van der Waals surface area contributed by atoms with Crippen LogP contribution in [0.3, 0.4) is 0 Å². The fourth-order valence-electron chi connectivity index (χ4n) is 0. The normalized spacial score (nSPS) is 7.20. The van der Waals surface area contributed by atoms with Gasteiger partial charge in [0, 0.05) is 0 Å². The second-order valence-electron chi connectivity index (χ2n) is 0.192. The van der Waals surface area contributed by atoms with E-state index in [1.54, 1.807) is 0 Å². The summed E-state index contributed by atoms with van der Waals surface area (Å²) in [4.78, 5) is 0. The monoisotopic (exact) mass is 283 g/mol. The Balaban J connectivity index is 0. The zero-order chi connectivity index (χ0) is 3.58. The Kier molecular flexibility index (Phi) is 8.49. The van der Waals surface area contributed by atoms with Crippen molar-refractivity contribution in [1.29, 1.82) is 0 Å². The third kappa shape index (κ3) is 80.1. The van der Waals surface area contributed by atoms with Crippen LogP contribution in [0, 0.1) is 0 Å². The van der Waals surface area contributed by atoms with E-state index in [4.69, 9.17) is 0 Å². The first-order valence-electron chi connectivity index (χ1n) is 0.507. The van der Waals surface area contributed by atoms with E-state index in [1.807, 2.05) is 0 Å². The van der Waals surface area contributed by atoms with Gasteiger partial charge in [0.25, 0.3) is 0 Å². The summed E-state index contributed by atoms with van der Waals surface area (Å²) in [7, 11) is 0. The van der Waals surface area contributed by atoms with Crippen molar-refractivity contribution < 1.29 is 7.88 Å². The molecule has 0 aliphatic carbocycles. The van der Waals surface area contributed by atoms with E-state index in [2.05, 4.69) is 0 Å². The molecule has 3 N–H and O–H groups in total. The summed E-state index contributed by atoms with van der Waals surface area (Å²) in [5, 5.41) is 0. The van der Waals surface area contributed by atoms with E-state index in [9.17, 15) is 7.88 Å². The molecule has 0 amide bonds. The first-order chi connectivity index (χ1) is 1.73. The van der Waals surface area contributed by atoms with Gasteiger partial charge in [-0.15, -0.1) is 0 Å². The number of hydrogen-bond acceptors (Lipinski definition) is 1. The van der Waals surface area contributed by atoms with E-state index in [-0.39, 0.29) is 6.15 Å². The molecule has 34 valence electrons. The van der Waals surface area contributed by atoms with Crippen LogP contribution in [-0.4, -0.2) is 23.6 Å². The van der Waals surface area contributed by atoms with Crippen LogP contribution in [0.1, 0.15) is 0 Å². The van der Waals surface area contributed by atoms with Gasteiger partial charge in [-0.25, -0.2) is 0 Å². The standard InChI is InChI=1S/Bi.3FH.H3N/h;3*1H;1H3/q+3;;;;/p-3. The van der Waals surface area contributed by atoms with Crippen molar-refractivity contribution in [3.05, 3.63) is 0 Å². The SMILES string of the molecule is N.[F][Bi]([F])[F]. The van der Waals surface area contributed by atoms with Crippen LogP contribution in [-0.2, 0) is 0 Å². The zero-order valence-corrected chi connectivity index (χ0v) is 5.77. The Morgan fingerprint density at radius 3 is 1.00 bits per heavy atom. The van der Waals surface area contributed by atoms with Gasteiger partial charge in [-0.3, -0.25) is 0 Å². The first kappa shape index (κ1) is 9.16. The molecule has 0 fully saturated rings. The number of rotatable bonds is 0. The van der Waals surface area contributed by atoms with Gasteiger partial charge in [0.1, 0.15) is 0 Å². The molecule has 0 unspecified atom stereocenters. The van der Waals surface area contributed by atoms with Crippen molar-refractivity contribution in [1.82, 2.24) is 6.15 Å². The van der Waals surface area contributed by atoms with Crippen molar-refractivity contribution in [2.45, 2.75) is 0 Å². The molecule has 0 aliphatic rings. The van der Waals surface area contributed by atoms with Crippen LogP contribution >= 0.6 is 0 Å². The number of halogens is 3. The average Bonchev–Trinajstić information content (AvgIpc) is 0.811. The van der Waals surface area contributed by atoms with Crippen LogP contribution in [0.15, 0.2) is 0 Å². The summed E-state index contributed by atoms with van der Waals surface area (Å²) >= 11 is -5.09. The first-order valence-corrected chi connectivity index (χ1v) is 4.45. The molecule has 0 aromatic heterocycles. The predicted octanol–water partition coefficient (Wildman–Crippen LogP) is 1.04. The maximum atomic E-state index is 9.87. The Morgan fingerprint density at radius 1 is 1.00 bits per heavy atom. The molecule has 5 heteroatoms. The number of hydrogen-bond donors (Lipinski definition) is 1. The van der Waals surface area contributed by atoms with Crippen molar-refractivity contribution in [2.75, 3.05) is 0 Å². The van der Waals surface area contributed by atoms with E-state index < -0.39 is 23.6 Å². The Morgan fingerprint density at radius 2 is 1.00 bits per heavy atom. The summed E-state index contributed by atoms with van der Waals surface area (Å²) in [6.07, 6.45) is 0. The molecule has 0 saturated heterocycles. The fourth-order valence-corrected chi connectivity index (χ4v) is 0. The summed E-state index contributed by atoms with van der Waals surface area (Å²) in [6, 6.07) is 0. The van der Waals surface area contributed by atoms with E-state index in [0.717, 1.165) is 0 Å². The Bertz CT molecular complexity index is 11.6. The van der Waals surface area contributed by atoms with Gasteiger partial charge in [0.05, 0.1) is 0 Å². The van der Waals surface area contributed by atoms with Gasteiger partial charge in [-0.05, 0) is 0 Å². The van der Waals surface area contributed by atoms with Crippen LogP contribution in [0.5, 0.6) is 0 Å². The quantitative estimate of drug-likeness (QED) is 0.662. The molecular weight excluding hydrogens is 280 g/mol. The van der Waals surface area contributed by atoms with Gasteiger partial charge in [-0.1, -0.05) is 0 Å². The van der Waals surface area contributed by atoms with Gasteiger partial charge in [0.2, 0.25) is 0 Å². The molecule has 0 atom stereocenters. The molecule has 0 bridgehead atoms. The average molecular weight is 283 g/mol. The van der Waals surface area contributed by atoms with Crippen LogP contribution in [0.2, 0.25) is 0 Å². The van der Waals surface area contributed by atoms with Crippen molar-refractivity contribution >= 4 is 23.6 Å². The summed E-state index contributed by atoms with van der Waals surface area (Å²) in [5.74, 6) is 0. The maximum absolute atomic E-state index is 9.87. The minimum atomic E-state index is -5.09. The molecule has 0 saturated carbocycles. The molecule has 5 heavy (non-hydrogen) atoms. The Labute approximate surface area is 38.1 Å². The molecule has 0 aromatic carbocycles. The minimum absolute atomic E-state index is 0. The molecular formula is H3BiF3N. The third-order valence-electron chi connectivity index (χ3n) is 0.